The Morgan fingerprint density at radius 2 is 2.06 bits per heavy atom. The molecule has 3 heteroatoms. The second-order valence-electron chi connectivity index (χ2n) is 5.30. The standard InChI is InChI=1S/C15H17NO2/c17-11-16-15(6-1-2-7-15)14-5-3-4-12(8-14)13-9-18-10-13/h3-5,8,13H,1-2,6-7,9-10H2. The maximum absolute atomic E-state index is 10.7. The molecule has 1 aliphatic heterocycles. The average Bonchev–Trinajstić information content (AvgIpc) is 2.78. The van der Waals surface area contributed by atoms with Crippen molar-refractivity contribution in [3.63, 3.8) is 0 Å². The molecule has 2 aliphatic rings. The monoisotopic (exact) mass is 243 g/mol. The number of rotatable bonds is 3. The van der Waals surface area contributed by atoms with Gasteiger partial charge in [-0.3, -0.25) is 0 Å². The molecule has 2 fully saturated rings. The van der Waals surface area contributed by atoms with Crippen LogP contribution in [-0.4, -0.2) is 19.3 Å². The van der Waals surface area contributed by atoms with Gasteiger partial charge in [0.15, 0.2) is 0 Å². The van der Waals surface area contributed by atoms with E-state index < -0.39 is 0 Å². The second-order valence-corrected chi connectivity index (χ2v) is 5.30. The molecule has 94 valence electrons. The zero-order valence-electron chi connectivity index (χ0n) is 10.4. The van der Waals surface area contributed by atoms with Crippen LogP contribution in [0.2, 0.25) is 0 Å². The van der Waals surface area contributed by atoms with E-state index in [1.807, 2.05) is 0 Å². The molecule has 1 aliphatic carbocycles. The molecular formula is C15H17NO2. The number of carbonyl (C=O) groups excluding carboxylic acids is 1. The van der Waals surface area contributed by atoms with Gasteiger partial charge in [-0.25, -0.2) is 4.79 Å². The van der Waals surface area contributed by atoms with E-state index in [0.717, 1.165) is 38.9 Å². The lowest BCUT2D eigenvalue weighted by atomic mass is 9.85. The Hall–Kier alpha value is -1.44. The van der Waals surface area contributed by atoms with Crippen molar-refractivity contribution in [2.24, 2.45) is 4.99 Å². The van der Waals surface area contributed by atoms with E-state index in [-0.39, 0.29) is 5.54 Å². The number of hydrogen-bond acceptors (Lipinski definition) is 3. The smallest absolute Gasteiger partial charge is 0.235 e. The molecule has 0 N–H and O–H groups in total. The Labute approximate surface area is 107 Å². The molecule has 18 heavy (non-hydrogen) atoms. The highest BCUT2D eigenvalue weighted by Crippen LogP contribution is 2.42. The zero-order valence-corrected chi connectivity index (χ0v) is 10.4. The van der Waals surface area contributed by atoms with Gasteiger partial charge in [0.2, 0.25) is 6.08 Å². The lowest BCUT2D eigenvalue weighted by Gasteiger charge is -2.29. The fourth-order valence-corrected chi connectivity index (χ4v) is 3.02. The Kier molecular flexibility index (Phi) is 3.02. The molecule has 0 spiro atoms. The summed E-state index contributed by atoms with van der Waals surface area (Å²) in [4.78, 5) is 14.8. The third-order valence-electron chi connectivity index (χ3n) is 4.22. The van der Waals surface area contributed by atoms with Crippen LogP contribution in [0.1, 0.15) is 42.7 Å². The van der Waals surface area contributed by atoms with Gasteiger partial charge in [0.05, 0.1) is 18.8 Å². The molecule has 1 aromatic rings. The van der Waals surface area contributed by atoms with Gasteiger partial charge in [-0.1, -0.05) is 37.1 Å². The normalized spacial score (nSPS) is 22.2. The van der Waals surface area contributed by atoms with Crippen LogP contribution in [0.25, 0.3) is 0 Å². The molecule has 0 aromatic heterocycles. The SMILES string of the molecule is O=C=NC1(c2cccc(C3COC3)c2)CCCC1. The highest BCUT2D eigenvalue weighted by Gasteiger charge is 2.36. The van der Waals surface area contributed by atoms with E-state index >= 15 is 0 Å². The number of isocyanates is 1. The number of hydrogen-bond donors (Lipinski definition) is 0. The van der Waals surface area contributed by atoms with Gasteiger partial charge in [-0.05, 0) is 24.0 Å². The Balaban J connectivity index is 1.96. The van der Waals surface area contributed by atoms with E-state index in [9.17, 15) is 4.79 Å². The van der Waals surface area contributed by atoms with Gasteiger partial charge in [0.1, 0.15) is 0 Å². The first-order valence-corrected chi connectivity index (χ1v) is 6.61. The summed E-state index contributed by atoms with van der Waals surface area (Å²) in [6, 6.07) is 8.52. The quantitative estimate of drug-likeness (QED) is 0.604. The van der Waals surface area contributed by atoms with Crippen molar-refractivity contribution in [1.82, 2.24) is 0 Å². The molecule has 0 atom stereocenters. The van der Waals surface area contributed by atoms with Gasteiger partial charge >= 0.3 is 0 Å². The minimum Gasteiger partial charge on any atom is -0.380 e. The van der Waals surface area contributed by atoms with Crippen LogP contribution in [0.4, 0.5) is 0 Å². The maximum atomic E-state index is 10.7. The van der Waals surface area contributed by atoms with Gasteiger partial charge in [0, 0.05) is 5.92 Å². The van der Waals surface area contributed by atoms with E-state index in [1.165, 1.54) is 11.1 Å². The summed E-state index contributed by atoms with van der Waals surface area (Å²) in [7, 11) is 0. The van der Waals surface area contributed by atoms with E-state index in [1.54, 1.807) is 6.08 Å². The Morgan fingerprint density at radius 3 is 2.67 bits per heavy atom. The Morgan fingerprint density at radius 1 is 1.28 bits per heavy atom. The molecule has 0 radical (unpaired) electrons. The molecule has 1 saturated carbocycles. The van der Waals surface area contributed by atoms with Gasteiger partial charge in [-0.15, -0.1) is 0 Å². The predicted octanol–water partition coefficient (Wildman–Crippen LogP) is 2.91. The number of ether oxygens (including phenoxy) is 1. The maximum Gasteiger partial charge on any atom is 0.235 e. The number of nitrogens with zero attached hydrogens (tertiary/aromatic N) is 1. The summed E-state index contributed by atoms with van der Waals surface area (Å²) in [5, 5.41) is 0. The van der Waals surface area contributed by atoms with Gasteiger partial charge in [-0.2, -0.15) is 4.99 Å². The van der Waals surface area contributed by atoms with Crippen LogP contribution in [0, 0.1) is 0 Å². The van der Waals surface area contributed by atoms with Crippen LogP contribution in [0.15, 0.2) is 29.3 Å². The molecule has 3 rings (SSSR count). The molecule has 3 nitrogen and oxygen atoms in total. The van der Waals surface area contributed by atoms with Crippen LogP contribution in [-0.2, 0) is 15.1 Å². The highest BCUT2D eigenvalue weighted by atomic mass is 16.5. The van der Waals surface area contributed by atoms with E-state index in [4.69, 9.17) is 4.74 Å². The fraction of sp³-hybridized carbons (Fsp3) is 0.533. The topological polar surface area (TPSA) is 38.7 Å². The van der Waals surface area contributed by atoms with Crippen molar-refractivity contribution in [3.05, 3.63) is 35.4 Å². The van der Waals surface area contributed by atoms with Crippen LogP contribution in [0.5, 0.6) is 0 Å². The van der Waals surface area contributed by atoms with Gasteiger partial charge in [0.25, 0.3) is 0 Å². The summed E-state index contributed by atoms with van der Waals surface area (Å²) in [6.07, 6.45) is 5.99. The summed E-state index contributed by atoms with van der Waals surface area (Å²) < 4.78 is 5.24. The number of aliphatic imine (C=N–C) groups is 1. The van der Waals surface area contributed by atoms with Gasteiger partial charge < -0.3 is 4.74 Å². The van der Waals surface area contributed by atoms with Crippen molar-refractivity contribution in [3.8, 4) is 0 Å². The summed E-state index contributed by atoms with van der Waals surface area (Å²) >= 11 is 0. The minimum absolute atomic E-state index is 0.303. The first kappa shape index (κ1) is 11.6. The van der Waals surface area contributed by atoms with Crippen molar-refractivity contribution in [1.29, 1.82) is 0 Å². The van der Waals surface area contributed by atoms with Crippen molar-refractivity contribution in [2.45, 2.75) is 37.1 Å². The van der Waals surface area contributed by atoms with E-state index in [2.05, 4.69) is 29.3 Å². The van der Waals surface area contributed by atoms with Crippen LogP contribution >= 0.6 is 0 Å². The summed E-state index contributed by atoms with van der Waals surface area (Å²) in [5.41, 5.74) is 2.18. The molecule has 1 aromatic carbocycles. The predicted molar refractivity (Wildman–Crippen MR) is 68.3 cm³/mol. The summed E-state index contributed by atoms with van der Waals surface area (Å²) in [6.45, 7) is 1.63. The fourth-order valence-electron chi connectivity index (χ4n) is 3.02. The summed E-state index contributed by atoms with van der Waals surface area (Å²) in [5.74, 6) is 0.517. The lowest BCUT2D eigenvalue weighted by molar-refractivity contribution is 0.00836. The Bertz CT molecular complexity index is 481. The third-order valence-corrected chi connectivity index (χ3v) is 4.22. The first-order chi connectivity index (χ1) is 8.84. The average molecular weight is 243 g/mol. The van der Waals surface area contributed by atoms with Crippen LogP contribution < -0.4 is 0 Å². The molecule has 1 heterocycles. The minimum atomic E-state index is -0.303. The van der Waals surface area contributed by atoms with E-state index in [0.29, 0.717) is 5.92 Å². The second kappa shape index (κ2) is 4.68. The van der Waals surface area contributed by atoms with Crippen LogP contribution in [0.3, 0.4) is 0 Å². The molecule has 1 saturated heterocycles. The first-order valence-electron chi connectivity index (χ1n) is 6.61. The van der Waals surface area contributed by atoms with Crippen molar-refractivity contribution in [2.75, 3.05) is 13.2 Å². The molecular weight excluding hydrogens is 226 g/mol. The largest absolute Gasteiger partial charge is 0.380 e. The molecule has 0 amide bonds. The highest BCUT2D eigenvalue weighted by molar-refractivity contribution is 5.40. The van der Waals surface area contributed by atoms with Crippen molar-refractivity contribution >= 4 is 6.08 Å². The zero-order chi connectivity index (χ0) is 12.4. The van der Waals surface area contributed by atoms with Crippen molar-refractivity contribution < 1.29 is 9.53 Å². The lowest BCUT2D eigenvalue weighted by Crippen LogP contribution is -2.26. The molecule has 0 bridgehead atoms. The third kappa shape index (κ3) is 1.90. The molecule has 0 unspecified atom stereocenters. The number of benzene rings is 1.